The number of halogens is 2. The monoisotopic (exact) mass is 306 g/mol. The highest BCUT2D eigenvalue weighted by Crippen LogP contribution is 2.29. The maximum atomic E-state index is 11.2. The Morgan fingerprint density at radius 3 is 2.56 bits per heavy atom. The number of benzene rings is 1. The summed E-state index contributed by atoms with van der Waals surface area (Å²) in [4.78, 5) is 11.2. The topological polar surface area (TPSA) is 35.5 Å². The predicted octanol–water partition coefficient (Wildman–Crippen LogP) is 2.96. The first-order valence-corrected chi connectivity index (χ1v) is 6.10. The third-order valence-electron chi connectivity index (χ3n) is 2.16. The van der Waals surface area contributed by atoms with Gasteiger partial charge in [-0.1, -0.05) is 27.5 Å². The first-order valence-electron chi connectivity index (χ1n) is 4.60. The van der Waals surface area contributed by atoms with Crippen molar-refractivity contribution in [1.29, 1.82) is 0 Å². The van der Waals surface area contributed by atoms with Crippen molar-refractivity contribution in [2.45, 2.75) is 11.8 Å². The van der Waals surface area contributed by atoms with Crippen LogP contribution in [0.25, 0.3) is 0 Å². The number of ether oxygens (including phenoxy) is 2. The highest BCUT2D eigenvalue weighted by Gasteiger charge is 2.11. The highest BCUT2D eigenvalue weighted by molar-refractivity contribution is 9.08. The fourth-order valence-corrected chi connectivity index (χ4v) is 1.99. The molecule has 0 aliphatic rings. The third-order valence-corrected chi connectivity index (χ3v) is 3.11. The van der Waals surface area contributed by atoms with Crippen molar-refractivity contribution in [1.82, 2.24) is 0 Å². The molecule has 1 aromatic carbocycles. The lowest BCUT2D eigenvalue weighted by Crippen LogP contribution is -2.05. The molecule has 0 fully saturated rings. The van der Waals surface area contributed by atoms with E-state index in [0.717, 1.165) is 5.56 Å². The number of methoxy groups -OCH3 is 2. The average molecular weight is 308 g/mol. The van der Waals surface area contributed by atoms with E-state index >= 15 is 0 Å². The molecule has 1 rings (SSSR count). The van der Waals surface area contributed by atoms with Crippen LogP contribution in [0.3, 0.4) is 0 Å². The van der Waals surface area contributed by atoms with Gasteiger partial charge in [-0.05, 0) is 17.7 Å². The van der Waals surface area contributed by atoms with Gasteiger partial charge in [0.25, 0.3) is 0 Å². The lowest BCUT2D eigenvalue weighted by Gasteiger charge is -2.10. The summed E-state index contributed by atoms with van der Waals surface area (Å²) in [5, 5.41) is 1.19. The lowest BCUT2D eigenvalue weighted by molar-refractivity contribution is -0.139. The molecular formula is C11H12BrClO3. The molecule has 0 spiro atoms. The van der Waals surface area contributed by atoms with E-state index in [1.807, 2.05) is 0 Å². The Morgan fingerprint density at radius 2 is 2.06 bits per heavy atom. The Hall–Kier alpha value is -0.740. The number of carbonyl (C=O) groups excluding carboxylic acids is 1. The highest BCUT2D eigenvalue weighted by atomic mass is 79.9. The first kappa shape index (κ1) is 13.3. The van der Waals surface area contributed by atoms with Gasteiger partial charge in [0.2, 0.25) is 0 Å². The van der Waals surface area contributed by atoms with Gasteiger partial charge in [0, 0.05) is 15.9 Å². The van der Waals surface area contributed by atoms with E-state index in [9.17, 15) is 4.79 Å². The number of hydrogen-bond acceptors (Lipinski definition) is 3. The molecule has 16 heavy (non-hydrogen) atoms. The van der Waals surface area contributed by atoms with Crippen molar-refractivity contribution in [3.8, 4) is 5.75 Å². The average Bonchev–Trinajstić information content (AvgIpc) is 2.30. The minimum absolute atomic E-state index is 0.147. The van der Waals surface area contributed by atoms with Gasteiger partial charge in [-0.15, -0.1) is 0 Å². The number of alkyl halides is 1. The molecule has 1 aromatic rings. The summed E-state index contributed by atoms with van der Waals surface area (Å²) in [6, 6.07) is 3.54. The number of rotatable bonds is 4. The summed E-state index contributed by atoms with van der Waals surface area (Å²) in [5.74, 6) is 0.385. The Balaban J connectivity index is 3.06. The van der Waals surface area contributed by atoms with Crippen LogP contribution < -0.4 is 4.74 Å². The van der Waals surface area contributed by atoms with Crippen molar-refractivity contribution >= 4 is 33.5 Å². The van der Waals surface area contributed by atoms with Gasteiger partial charge in [-0.25, -0.2) is 0 Å². The second kappa shape index (κ2) is 6.11. The molecule has 0 aromatic heterocycles. The smallest absolute Gasteiger partial charge is 0.310 e. The van der Waals surface area contributed by atoms with Crippen molar-refractivity contribution < 1.29 is 14.3 Å². The van der Waals surface area contributed by atoms with Crippen LogP contribution in [0, 0.1) is 0 Å². The molecule has 0 heterocycles. The van der Waals surface area contributed by atoms with Gasteiger partial charge in [-0.3, -0.25) is 4.79 Å². The van der Waals surface area contributed by atoms with Crippen molar-refractivity contribution in [2.75, 3.05) is 14.2 Å². The zero-order valence-corrected chi connectivity index (χ0v) is 11.4. The fourth-order valence-electron chi connectivity index (χ4n) is 1.29. The molecule has 0 unspecified atom stereocenters. The van der Waals surface area contributed by atoms with E-state index in [2.05, 4.69) is 20.7 Å². The Morgan fingerprint density at radius 1 is 1.38 bits per heavy atom. The standard InChI is InChI=1S/C11H12BrClO3/c1-15-10-4-7(5-11(14)16-2)9(13)3-8(10)6-12/h3-4H,5-6H2,1-2H3. The zero-order valence-electron chi connectivity index (χ0n) is 9.05. The third kappa shape index (κ3) is 3.12. The molecule has 0 aliphatic carbocycles. The summed E-state index contributed by atoms with van der Waals surface area (Å²) < 4.78 is 9.80. The Kier molecular flexibility index (Phi) is 5.09. The molecule has 0 bridgehead atoms. The molecule has 5 heteroatoms. The van der Waals surface area contributed by atoms with Gasteiger partial charge in [-0.2, -0.15) is 0 Å². The van der Waals surface area contributed by atoms with Crippen LogP contribution in [0.1, 0.15) is 11.1 Å². The summed E-state index contributed by atoms with van der Waals surface area (Å²) in [6.45, 7) is 0. The normalized spacial score (nSPS) is 10.0. The lowest BCUT2D eigenvalue weighted by atomic mass is 10.1. The van der Waals surface area contributed by atoms with Crippen LogP contribution in [0.4, 0.5) is 0 Å². The van der Waals surface area contributed by atoms with Crippen LogP contribution >= 0.6 is 27.5 Å². The molecule has 0 saturated carbocycles. The molecule has 0 radical (unpaired) electrons. The number of carbonyl (C=O) groups is 1. The number of hydrogen-bond donors (Lipinski definition) is 0. The van der Waals surface area contributed by atoms with E-state index in [4.69, 9.17) is 16.3 Å². The molecule has 0 aliphatic heterocycles. The molecule has 0 saturated heterocycles. The maximum absolute atomic E-state index is 11.2. The first-order chi connectivity index (χ1) is 7.62. The molecule has 0 N–H and O–H groups in total. The van der Waals surface area contributed by atoms with E-state index in [-0.39, 0.29) is 12.4 Å². The summed E-state index contributed by atoms with van der Waals surface area (Å²) in [6.07, 6.45) is 0.147. The van der Waals surface area contributed by atoms with E-state index in [0.29, 0.717) is 21.7 Å². The fraction of sp³-hybridized carbons (Fsp3) is 0.364. The van der Waals surface area contributed by atoms with E-state index in [1.165, 1.54) is 7.11 Å². The molecule has 0 amide bonds. The van der Waals surface area contributed by atoms with Gasteiger partial charge in [0.15, 0.2) is 0 Å². The molecule has 88 valence electrons. The summed E-state index contributed by atoms with van der Waals surface area (Å²) in [5.41, 5.74) is 1.65. The molecule has 0 atom stereocenters. The van der Waals surface area contributed by atoms with Crippen molar-refractivity contribution in [3.63, 3.8) is 0 Å². The van der Waals surface area contributed by atoms with Crippen molar-refractivity contribution in [2.24, 2.45) is 0 Å². The Bertz CT molecular complexity index is 393. The van der Waals surface area contributed by atoms with Gasteiger partial charge >= 0.3 is 5.97 Å². The second-order valence-corrected chi connectivity index (χ2v) is 4.11. The van der Waals surface area contributed by atoms with Crippen LogP contribution in [-0.4, -0.2) is 20.2 Å². The summed E-state index contributed by atoms with van der Waals surface area (Å²) >= 11 is 9.40. The predicted molar refractivity (Wildman–Crippen MR) is 66.4 cm³/mol. The van der Waals surface area contributed by atoms with Gasteiger partial charge in [0.1, 0.15) is 5.75 Å². The quantitative estimate of drug-likeness (QED) is 0.634. The Labute approximate surface area is 108 Å². The molecular weight excluding hydrogens is 295 g/mol. The minimum Gasteiger partial charge on any atom is -0.496 e. The summed E-state index contributed by atoms with van der Waals surface area (Å²) in [7, 11) is 2.93. The van der Waals surface area contributed by atoms with Crippen LogP contribution in [0.2, 0.25) is 5.02 Å². The van der Waals surface area contributed by atoms with Crippen molar-refractivity contribution in [3.05, 3.63) is 28.3 Å². The van der Waals surface area contributed by atoms with E-state index in [1.54, 1.807) is 19.2 Å². The maximum Gasteiger partial charge on any atom is 0.310 e. The molecule has 3 nitrogen and oxygen atoms in total. The van der Waals surface area contributed by atoms with Gasteiger partial charge < -0.3 is 9.47 Å². The van der Waals surface area contributed by atoms with E-state index < -0.39 is 0 Å². The zero-order chi connectivity index (χ0) is 12.1. The van der Waals surface area contributed by atoms with Gasteiger partial charge in [0.05, 0.1) is 20.6 Å². The SMILES string of the molecule is COC(=O)Cc1cc(OC)c(CBr)cc1Cl. The second-order valence-electron chi connectivity index (χ2n) is 3.14. The van der Waals surface area contributed by atoms with Crippen LogP contribution in [-0.2, 0) is 21.3 Å². The van der Waals surface area contributed by atoms with Crippen LogP contribution in [0.15, 0.2) is 12.1 Å². The largest absolute Gasteiger partial charge is 0.496 e. The van der Waals surface area contributed by atoms with Crippen LogP contribution in [0.5, 0.6) is 5.75 Å². The number of esters is 1. The minimum atomic E-state index is -0.324.